The summed E-state index contributed by atoms with van der Waals surface area (Å²) in [5, 5.41) is 12.4. The Morgan fingerprint density at radius 1 is 1.53 bits per heavy atom. The molecule has 15 heavy (non-hydrogen) atoms. The van der Waals surface area contributed by atoms with Gasteiger partial charge in [0.1, 0.15) is 0 Å². The predicted octanol–water partition coefficient (Wildman–Crippen LogP) is 2.08. The Labute approximate surface area is 92.8 Å². The highest BCUT2D eigenvalue weighted by Crippen LogP contribution is 2.18. The van der Waals surface area contributed by atoms with Crippen molar-refractivity contribution in [1.29, 1.82) is 5.26 Å². The number of ether oxygens (including phenoxy) is 1. The van der Waals surface area contributed by atoms with Crippen LogP contribution in [0, 0.1) is 16.7 Å². The van der Waals surface area contributed by atoms with Gasteiger partial charge >= 0.3 is 0 Å². The van der Waals surface area contributed by atoms with Gasteiger partial charge in [-0.15, -0.1) is 0 Å². The third kappa shape index (κ3) is 4.19. The average Bonchev–Trinajstić information content (AvgIpc) is 2.27. The molecule has 2 unspecified atom stereocenters. The zero-order chi connectivity index (χ0) is 11.3. The van der Waals surface area contributed by atoms with Crippen LogP contribution < -0.4 is 5.32 Å². The van der Waals surface area contributed by atoms with E-state index in [1.54, 1.807) is 0 Å². The second-order valence-corrected chi connectivity index (χ2v) is 5.00. The lowest BCUT2D eigenvalue weighted by Gasteiger charge is -2.31. The van der Waals surface area contributed by atoms with Crippen LogP contribution in [-0.4, -0.2) is 25.3 Å². The predicted molar refractivity (Wildman–Crippen MR) is 60.4 cm³/mol. The molecular weight excluding hydrogens is 188 g/mol. The zero-order valence-electron chi connectivity index (χ0n) is 10.0. The minimum atomic E-state index is -0.264. The van der Waals surface area contributed by atoms with Crippen molar-refractivity contribution >= 4 is 0 Å². The van der Waals surface area contributed by atoms with Crippen LogP contribution in [0.1, 0.15) is 40.0 Å². The molecule has 0 radical (unpaired) electrons. The maximum atomic E-state index is 8.91. The molecule has 0 saturated carbocycles. The molecule has 0 aliphatic carbocycles. The Balaban J connectivity index is 2.30. The maximum Gasteiger partial charge on any atom is 0.0697 e. The molecule has 86 valence electrons. The SMILES string of the molecule is CCC1CC(NCC(C)(C)C#N)CCO1. The summed E-state index contributed by atoms with van der Waals surface area (Å²) in [6.45, 7) is 7.72. The Hall–Kier alpha value is -0.590. The summed E-state index contributed by atoms with van der Waals surface area (Å²) in [5.41, 5.74) is -0.264. The fraction of sp³-hybridized carbons (Fsp3) is 0.917. The molecule has 0 spiro atoms. The Bertz CT molecular complexity index is 232. The van der Waals surface area contributed by atoms with Gasteiger partial charge in [-0.05, 0) is 33.1 Å². The normalized spacial score (nSPS) is 27.3. The van der Waals surface area contributed by atoms with Gasteiger partial charge in [0, 0.05) is 19.2 Å². The van der Waals surface area contributed by atoms with E-state index in [0.29, 0.717) is 12.1 Å². The van der Waals surface area contributed by atoms with Crippen molar-refractivity contribution in [3.63, 3.8) is 0 Å². The van der Waals surface area contributed by atoms with Gasteiger partial charge in [-0.3, -0.25) is 0 Å². The number of hydrogen-bond donors (Lipinski definition) is 1. The lowest BCUT2D eigenvalue weighted by molar-refractivity contribution is -0.000890. The summed E-state index contributed by atoms with van der Waals surface area (Å²) in [6.07, 6.45) is 3.64. The number of hydrogen-bond acceptors (Lipinski definition) is 3. The van der Waals surface area contributed by atoms with E-state index in [0.717, 1.165) is 32.4 Å². The van der Waals surface area contributed by atoms with E-state index >= 15 is 0 Å². The average molecular weight is 210 g/mol. The first kappa shape index (κ1) is 12.5. The van der Waals surface area contributed by atoms with Gasteiger partial charge in [0.15, 0.2) is 0 Å². The topological polar surface area (TPSA) is 45.0 Å². The molecule has 1 aliphatic rings. The monoisotopic (exact) mass is 210 g/mol. The van der Waals surface area contributed by atoms with Gasteiger partial charge in [0.25, 0.3) is 0 Å². The van der Waals surface area contributed by atoms with E-state index in [4.69, 9.17) is 10.00 Å². The van der Waals surface area contributed by atoms with Crippen molar-refractivity contribution in [2.75, 3.05) is 13.2 Å². The summed E-state index contributed by atoms with van der Waals surface area (Å²) in [7, 11) is 0. The van der Waals surface area contributed by atoms with Crippen LogP contribution in [0.25, 0.3) is 0 Å². The van der Waals surface area contributed by atoms with Crippen molar-refractivity contribution in [2.45, 2.75) is 52.2 Å². The van der Waals surface area contributed by atoms with Gasteiger partial charge in [-0.25, -0.2) is 0 Å². The summed E-state index contributed by atoms with van der Waals surface area (Å²) in [4.78, 5) is 0. The maximum absolute atomic E-state index is 8.91. The summed E-state index contributed by atoms with van der Waals surface area (Å²) < 4.78 is 5.61. The van der Waals surface area contributed by atoms with Crippen molar-refractivity contribution in [1.82, 2.24) is 5.32 Å². The molecule has 0 aromatic carbocycles. The lowest BCUT2D eigenvalue weighted by Crippen LogP contribution is -2.42. The highest BCUT2D eigenvalue weighted by molar-refractivity contribution is 4.94. The van der Waals surface area contributed by atoms with Crippen molar-refractivity contribution in [2.24, 2.45) is 5.41 Å². The fourth-order valence-corrected chi connectivity index (χ4v) is 1.79. The number of nitrogens with zero attached hydrogens (tertiary/aromatic N) is 1. The molecule has 2 atom stereocenters. The van der Waals surface area contributed by atoms with Crippen LogP contribution in [0.2, 0.25) is 0 Å². The van der Waals surface area contributed by atoms with Crippen LogP contribution in [-0.2, 0) is 4.74 Å². The largest absolute Gasteiger partial charge is 0.378 e. The molecule has 0 aromatic rings. The van der Waals surface area contributed by atoms with E-state index in [2.05, 4.69) is 18.3 Å². The molecule has 1 aliphatic heterocycles. The van der Waals surface area contributed by atoms with E-state index in [1.165, 1.54) is 0 Å². The molecule has 1 N–H and O–H groups in total. The van der Waals surface area contributed by atoms with Crippen molar-refractivity contribution in [3.05, 3.63) is 0 Å². The van der Waals surface area contributed by atoms with Gasteiger partial charge in [-0.1, -0.05) is 6.92 Å². The second kappa shape index (κ2) is 5.48. The number of nitrogens with one attached hydrogen (secondary N) is 1. The molecule has 3 nitrogen and oxygen atoms in total. The first-order valence-electron chi connectivity index (χ1n) is 5.83. The summed E-state index contributed by atoms with van der Waals surface area (Å²) in [6, 6.07) is 2.84. The van der Waals surface area contributed by atoms with E-state index in [-0.39, 0.29) is 5.41 Å². The van der Waals surface area contributed by atoms with E-state index < -0.39 is 0 Å². The Kier molecular flexibility index (Phi) is 4.56. The summed E-state index contributed by atoms with van der Waals surface area (Å²) in [5.74, 6) is 0. The summed E-state index contributed by atoms with van der Waals surface area (Å²) >= 11 is 0. The molecule has 0 bridgehead atoms. The third-order valence-corrected chi connectivity index (χ3v) is 2.96. The molecule has 1 fully saturated rings. The van der Waals surface area contributed by atoms with Crippen LogP contribution in [0.5, 0.6) is 0 Å². The zero-order valence-corrected chi connectivity index (χ0v) is 10.0. The van der Waals surface area contributed by atoms with Crippen LogP contribution in [0.15, 0.2) is 0 Å². The van der Waals surface area contributed by atoms with E-state index in [9.17, 15) is 0 Å². The van der Waals surface area contributed by atoms with Gasteiger partial charge in [0.2, 0.25) is 0 Å². The van der Waals surface area contributed by atoms with Gasteiger partial charge in [0.05, 0.1) is 17.6 Å². The van der Waals surface area contributed by atoms with Crippen molar-refractivity contribution < 1.29 is 4.74 Å². The molecule has 1 rings (SSSR count). The van der Waals surface area contributed by atoms with Gasteiger partial charge in [-0.2, -0.15) is 5.26 Å². The lowest BCUT2D eigenvalue weighted by atomic mass is 9.94. The first-order valence-corrected chi connectivity index (χ1v) is 5.83. The highest BCUT2D eigenvalue weighted by Gasteiger charge is 2.23. The minimum Gasteiger partial charge on any atom is -0.378 e. The fourth-order valence-electron chi connectivity index (χ4n) is 1.79. The van der Waals surface area contributed by atoms with E-state index in [1.807, 2.05) is 13.8 Å². The van der Waals surface area contributed by atoms with Crippen LogP contribution in [0.4, 0.5) is 0 Å². The van der Waals surface area contributed by atoms with Gasteiger partial charge < -0.3 is 10.1 Å². The second-order valence-electron chi connectivity index (χ2n) is 5.00. The standard InChI is InChI=1S/C12H22N2O/c1-4-11-7-10(5-6-15-11)14-9-12(2,3)8-13/h10-11,14H,4-7,9H2,1-3H3. The highest BCUT2D eigenvalue weighted by atomic mass is 16.5. The Morgan fingerprint density at radius 2 is 2.27 bits per heavy atom. The molecule has 3 heteroatoms. The third-order valence-electron chi connectivity index (χ3n) is 2.96. The minimum absolute atomic E-state index is 0.264. The molecular formula is C12H22N2O. The molecule has 1 heterocycles. The number of rotatable bonds is 4. The van der Waals surface area contributed by atoms with Crippen molar-refractivity contribution in [3.8, 4) is 6.07 Å². The molecule has 1 saturated heterocycles. The smallest absolute Gasteiger partial charge is 0.0697 e. The van der Waals surface area contributed by atoms with Crippen LogP contribution >= 0.6 is 0 Å². The first-order chi connectivity index (χ1) is 7.07. The number of nitriles is 1. The quantitative estimate of drug-likeness (QED) is 0.772. The Morgan fingerprint density at radius 3 is 2.87 bits per heavy atom. The molecule has 0 aromatic heterocycles. The van der Waals surface area contributed by atoms with Crippen LogP contribution in [0.3, 0.4) is 0 Å². The molecule has 0 amide bonds.